The van der Waals surface area contributed by atoms with Crippen LogP contribution >= 0.6 is 0 Å². The highest BCUT2D eigenvalue weighted by atomic mass is 19.1. The van der Waals surface area contributed by atoms with E-state index in [4.69, 9.17) is 15.2 Å². The van der Waals surface area contributed by atoms with Gasteiger partial charge in [-0.25, -0.2) is 4.39 Å². The summed E-state index contributed by atoms with van der Waals surface area (Å²) in [6.45, 7) is 2.88. The first kappa shape index (κ1) is 27.7. The van der Waals surface area contributed by atoms with Crippen molar-refractivity contribution in [3.05, 3.63) is 56.1 Å². The van der Waals surface area contributed by atoms with Crippen LogP contribution in [0.3, 0.4) is 0 Å². The minimum atomic E-state index is -0.440. The molecule has 4 rings (SSSR count). The lowest BCUT2D eigenvalue weighted by Gasteiger charge is -2.39. The number of nitrogens with one attached hydrogen (secondary N) is 1. The van der Waals surface area contributed by atoms with E-state index in [1.54, 1.807) is 19.2 Å². The zero-order chi connectivity index (χ0) is 26.2. The standard InChI is InChI=1S/C29H42FN3O4/c1-36-15-6-16-37-29(21-10-12-23(30)13-11-21)22-9-5-14-33(19-22)26-25(27(34)28(26)35)32-24(18-31)17-20-7-3-2-4-8-20/h10-13,20,22,24,29,32H,2-9,14-19,31H2,1H3/t22?,24-,29?/m0/s1. The van der Waals surface area contributed by atoms with E-state index in [2.05, 4.69) is 5.32 Å². The number of nitrogens with zero attached hydrogens (tertiary/aromatic N) is 1. The predicted molar refractivity (Wildman–Crippen MR) is 146 cm³/mol. The molecule has 1 heterocycles. The molecule has 0 radical (unpaired) electrons. The van der Waals surface area contributed by atoms with E-state index in [9.17, 15) is 14.0 Å². The minimum absolute atomic E-state index is 0.0122. The molecule has 0 spiro atoms. The molecule has 204 valence electrons. The molecule has 3 N–H and O–H groups in total. The molecule has 1 saturated heterocycles. The Labute approximate surface area is 219 Å². The molecule has 0 bridgehead atoms. The second kappa shape index (κ2) is 13.5. The fraction of sp³-hybridized carbons (Fsp3) is 0.655. The van der Waals surface area contributed by atoms with Gasteiger partial charge >= 0.3 is 0 Å². The molecule has 2 aromatic rings. The van der Waals surface area contributed by atoms with Gasteiger partial charge in [-0.2, -0.15) is 0 Å². The van der Waals surface area contributed by atoms with Crippen molar-refractivity contribution in [2.24, 2.45) is 17.6 Å². The first-order chi connectivity index (χ1) is 18.0. The van der Waals surface area contributed by atoms with Crippen LogP contribution in [0.25, 0.3) is 0 Å². The first-order valence-corrected chi connectivity index (χ1v) is 13.9. The Balaban J connectivity index is 1.47. The lowest BCUT2D eigenvalue weighted by atomic mass is 9.84. The average molecular weight is 516 g/mol. The molecular formula is C29H42FN3O4. The van der Waals surface area contributed by atoms with E-state index < -0.39 is 10.9 Å². The minimum Gasteiger partial charge on any atom is -0.385 e. The fourth-order valence-corrected chi connectivity index (χ4v) is 6.09. The fourth-order valence-electron chi connectivity index (χ4n) is 6.09. The number of methoxy groups -OCH3 is 1. The normalized spacial score (nSPS) is 20.7. The molecule has 37 heavy (non-hydrogen) atoms. The van der Waals surface area contributed by atoms with Gasteiger partial charge in [0.15, 0.2) is 0 Å². The van der Waals surface area contributed by atoms with E-state index in [0.717, 1.165) is 31.2 Å². The molecular weight excluding hydrogens is 473 g/mol. The van der Waals surface area contributed by atoms with Gasteiger partial charge in [-0.15, -0.1) is 0 Å². The van der Waals surface area contributed by atoms with Crippen LogP contribution < -0.4 is 26.8 Å². The van der Waals surface area contributed by atoms with Gasteiger partial charge in [0.1, 0.15) is 17.2 Å². The molecule has 8 heteroatoms. The second-order valence-corrected chi connectivity index (χ2v) is 10.7. The lowest BCUT2D eigenvalue weighted by Crippen LogP contribution is -2.48. The summed E-state index contributed by atoms with van der Waals surface area (Å²) >= 11 is 0. The third kappa shape index (κ3) is 6.98. The molecule has 2 fully saturated rings. The van der Waals surface area contributed by atoms with Crippen LogP contribution in [0.1, 0.15) is 69.5 Å². The maximum atomic E-state index is 13.6. The summed E-state index contributed by atoms with van der Waals surface area (Å²) in [7, 11) is 1.66. The van der Waals surface area contributed by atoms with Crippen molar-refractivity contribution in [3.8, 4) is 0 Å². The van der Waals surface area contributed by atoms with Crippen LogP contribution in [0, 0.1) is 17.7 Å². The average Bonchev–Trinajstić information content (AvgIpc) is 2.93. The molecule has 1 aliphatic heterocycles. The highest BCUT2D eigenvalue weighted by molar-refractivity contribution is 5.75. The predicted octanol–water partition coefficient (Wildman–Crippen LogP) is 4.14. The Hall–Kier alpha value is -2.29. The van der Waals surface area contributed by atoms with Crippen molar-refractivity contribution < 1.29 is 13.9 Å². The van der Waals surface area contributed by atoms with Gasteiger partial charge in [-0.05, 0) is 49.3 Å². The Bertz CT molecular complexity index is 1050. The molecule has 0 amide bonds. The Morgan fingerprint density at radius 1 is 1.05 bits per heavy atom. The second-order valence-electron chi connectivity index (χ2n) is 10.7. The SMILES string of the molecule is COCCCOC(c1ccc(F)cc1)C1CCCN(c2c(N[C@H](CN)CC3CCCCC3)c(=O)c2=O)C1. The van der Waals surface area contributed by atoms with Gasteiger partial charge < -0.3 is 25.4 Å². The van der Waals surface area contributed by atoms with Crippen LogP contribution in [0.4, 0.5) is 15.8 Å². The molecule has 2 aliphatic rings. The molecule has 1 saturated carbocycles. The number of rotatable bonds is 13. The first-order valence-electron chi connectivity index (χ1n) is 13.9. The maximum absolute atomic E-state index is 13.6. The summed E-state index contributed by atoms with van der Waals surface area (Å²) in [4.78, 5) is 27.4. The van der Waals surface area contributed by atoms with E-state index >= 15 is 0 Å². The summed E-state index contributed by atoms with van der Waals surface area (Å²) in [6.07, 6.45) is 9.49. The van der Waals surface area contributed by atoms with Gasteiger partial charge in [-0.3, -0.25) is 9.59 Å². The van der Waals surface area contributed by atoms with Crippen molar-refractivity contribution in [2.75, 3.05) is 50.2 Å². The third-order valence-corrected chi connectivity index (χ3v) is 8.05. The van der Waals surface area contributed by atoms with Crippen LogP contribution in [-0.2, 0) is 9.47 Å². The Morgan fingerprint density at radius 2 is 1.81 bits per heavy atom. The zero-order valence-corrected chi connectivity index (χ0v) is 22.1. The van der Waals surface area contributed by atoms with E-state index in [-0.39, 0.29) is 23.9 Å². The van der Waals surface area contributed by atoms with Crippen molar-refractivity contribution in [2.45, 2.75) is 69.9 Å². The number of hydrogen-bond donors (Lipinski definition) is 2. The van der Waals surface area contributed by atoms with Gasteiger partial charge in [-0.1, -0.05) is 44.2 Å². The van der Waals surface area contributed by atoms with E-state index in [1.165, 1.54) is 44.2 Å². The molecule has 7 nitrogen and oxygen atoms in total. The number of benzene rings is 1. The quantitative estimate of drug-likeness (QED) is 0.306. The summed E-state index contributed by atoms with van der Waals surface area (Å²) in [5.74, 6) is 0.441. The molecule has 0 aromatic heterocycles. The molecule has 2 unspecified atom stereocenters. The van der Waals surface area contributed by atoms with Crippen molar-refractivity contribution in [3.63, 3.8) is 0 Å². The van der Waals surface area contributed by atoms with Gasteiger partial charge in [0.2, 0.25) is 0 Å². The van der Waals surface area contributed by atoms with E-state index in [1.807, 2.05) is 4.90 Å². The van der Waals surface area contributed by atoms with Crippen LogP contribution in [-0.4, -0.2) is 46.0 Å². The van der Waals surface area contributed by atoms with Crippen LogP contribution in [0.15, 0.2) is 33.9 Å². The molecule has 2 aromatic carbocycles. The summed E-state index contributed by atoms with van der Waals surface area (Å²) in [6, 6.07) is 6.45. The highest BCUT2D eigenvalue weighted by Gasteiger charge is 2.34. The van der Waals surface area contributed by atoms with Gasteiger partial charge in [0, 0.05) is 51.9 Å². The largest absolute Gasteiger partial charge is 0.385 e. The summed E-state index contributed by atoms with van der Waals surface area (Å²) in [5.41, 5.74) is 7.06. The van der Waals surface area contributed by atoms with Crippen molar-refractivity contribution in [1.82, 2.24) is 0 Å². The number of piperidine rings is 1. The smallest absolute Gasteiger partial charge is 0.253 e. The van der Waals surface area contributed by atoms with Crippen LogP contribution in [0.2, 0.25) is 0 Å². The van der Waals surface area contributed by atoms with Crippen molar-refractivity contribution in [1.29, 1.82) is 0 Å². The molecule has 1 aliphatic carbocycles. The Morgan fingerprint density at radius 3 is 2.51 bits per heavy atom. The maximum Gasteiger partial charge on any atom is 0.253 e. The molecule has 3 atom stereocenters. The number of nitrogens with two attached hydrogens (primary N) is 1. The van der Waals surface area contributed by atoms with Crippen LogP contribution in [0.5, 0.6) is 0 Å². The van der Waals surface area contributed by atoms with E-state index in [0.29, 0.717) is 50.1 Å². The van der Waals surface area contributed by atoms with Crippen molar-refractivity contribution >= 4 is 11.4 Å². The summed E-state index contributed by atoms with van der Waals surface area (Å²) < 4.78 is 25.1. The number of anilines is 2. The Kier molecular flexibility index (Phi) is 10.1. The number of halogens is 1. The number of ether oxygens (including phenoxy) is 2. The monoisotopic (exact) mass is 515 g/mol. The highest BCUT2D eigenvalue weighted by Crippen LogP contribution is 2.36. The topological polar surface area (TPSA) is 93.9 Å². The lowest BCUT2D eigenvalue weighted by molar-refractivity contribution is -0.00239. The summed E-state index contributed by atoms with van der Waals surface area (Å²) in [5, 5.41) is 3.36. The van der Waals surface area contributed by atoms with Gasteiger partial charge in [0.05, 0.1) is 6.10 Å². The number of hydrogen-bond acceptors (Lipinski definition) is 7. The van der Waals surface area contributed by atoms with Gasteiger partial charge in [0.25, 0.3) is 10.9 Å². The zero-order valence-electron chi connectivity index (χ0n) is 22.1. The third-order valence-electron chi connectivity index (χ3n) is 8.05.